The summed E-state index contributed by atoms with van der Waals surface area (Å²) < 4.78 is 25.5. The third kappa shape index (κ3) is 2.81. The minimum absolute atomic E-state index is 0.0169. The molecule has 102 valence electrons. The highest BCUT2D eigenvalue weighted by atomic mass is 32.2. The van der Waals surface area contributed by atoms with Gasteiger partial charge in [0.05, 0.1) is 11.9 Å². The van der Waals surface area contributed by atoms with Gasteiger partial charge >= 0.3 is 0 Å². The van der Waals surface area contributed by atoms with Crippen molar-refractivity contribution in [2.45, 2.75) is 37.0 Å². The minimum atomic E-state index is -3.38. The molecule has 0 aliphatic heterocycles. The van der Waals surface area contributed by atoms with Crippen LogP contribution in [0.5, 0.6) is 0 Å². The van der Waals surface area contributed by atoms with E-state index in [1.54, 1.807) is 7.05 Å². The SMILES string of the molecule is CC(CO)S(=O)(=O)N(C)CC1(N(C)C)CCC1. The molecule has 0 heterocycles. The number of sulfonamides is 1. The van der Waals surface area contributed by atoms with Crippen molar-refractivity contribution in [2.24, 2.45) is 0 Å². The van der Waals surface area contributed by atoms with E-state index >= 15 is 0 Å². The van der Waals surface area contributed by atoms with E-state index in [2.05, 4.69) is 4.90 Å². The maximum Gasteiger partial charge on any atom is 0.218 e. The Bertz CT molecular complexity index is 350. The van der Waals surface area contributed by atoms with Gasteiger partial charge in [-0.05, 0) is 40.3 Å². The molecule has 1 rings (SSSR count). The second kappa shape index (κ2) is 5.22. The van der Waals surface area contributed by atoms with Gasteiger partial charge in [0.1, 0.15) is 0 Å². The van der Waals surface area contributed by atoms with Crippen LogP contribution in [0, 0.1) is 0 Å². The average Bonchev–Trinajstić information content (AvgIpc) is 2.20. The molecular formula is C11H24N2O3S. The van der Waals surface area contributed by atoms with Crippen LogP contribution in [0.3, 0.4) is 0 Å². The van der Waals surface area contributed by atoms with Crippen molar-refractivity contribution in [3.63, 3.8) is 0 Å². The predicted octanol–water partition coefficient (Wildman–Crippen LogP) is 0.113. The van der Waals surface area contributed by atoms with E-state index in [0.29, 0.717) is 6.54 Å². The summed E-state index contributed by atoms with van der Waals surface area (Å²) >= 11 is 0. The molecule has 1 fully saturated rings. The molecule has 1 unspecified atom stereocenters. The molecule has 1 saturated carbocycles. The Labute approximate surface area is 104 Å². The third-order valence-electron chi connectivity index (χ3n) is 3.95. The van der Waals surface area contributed by atoms with Crippen LogP contribution < -0.4 is 0 Å². The number of likely N-dealkylation sites (N-methyl/N-ethyl adjacent to an activating group) is 2. The second-order valence-corrected chi connectivity index (χ2v) is 7.72. The second-order valence-electron chi connectivity index (χ2n) is 5.27. The maximum atomic E-state index is 12.0. The Balaban J connectivity index is 2.75. The van der Waals surface area contributed by atoms with Gasteiger partial charge in [-0.15, -0.1) is 0 Å². The molecule has 0 saturated heterocycles. The molecule has 0 bridgehead atoms. The zero-order valence-electron chi connectivity index (χ0n) is 11.2. The lowest BCUT2D eigenvalue weighted by Crippen LogP contribution is -2.58. The summed E-state index contributed by atoms with van der Waals surface area (Å²) in [6.07, 6.45) is 3.22. The molecule has 0 aromatic heterocycles. The van der Waals surface area contributed by atoms with Crippen molar-refractivity contribution in [3.8, 4) is 0 Å². The maximum absolute atomic E-state index is 12.0. The van der Waals surface area contributed by atoms with E-state index in [1.807, 2.05) is 14.1 Å². The smallest absolute Gasteiger partial charge is 0.218 e. The molecule has 0 aromatic rings. The van der Waals surface area contributed by atoms with Crippen molar-refractivity contribution in [1.82, 2.24) is 9.21 Å². The summed E-state index contributed by atoms with van der Waals surface area (Å²) in [7, 11) is 2.22. The van der Waals surface area contributed by atoms with Crippen LogP contribution in [-0.2, 0) is 10.0 Å². The van der Waals surface area contributed by atoms with Gasteiger partial charge in [-0.25, -0.2) is 12.7 Å². The number of aliphatic hydroxyl groups is 1. The fraction of sp³-hybridized carbons (Fsp3) is 1.00. The molecule has 5 nitrogen and oxygen atoms in total. The number of hydrogen-bond donors (Lipinski definition) is 1. The molecule has 1 N–H and O–H groups in total. The Morgan fingerprint density at radius 3 is 2.12 bits per heavy atom. The highest BCUT2D eigenvalue weighted by Crippen LogP contribution is 2.37. The first kappa shape index (κ1) is 14.9. The van der Waals surface area contributed by atoms with Crippen molar-refractivity contribution in [1.29, 1.82) is 0 Å². The van der Waals surface area contributed by atoms with Gasteiger partial charge in [0, 0.05) is 19.1 Å². The zero-order chi connectivity index (χ0) is 13.3. The standard InChI is InChI=1S/C11H24N2O3S/c1-10(8-14)17(15,16)13(4)9-11(12(2)3)6-5-7-11/h10,14H,5-9H2,1-4H3. The fourth-order valence-corrected chi connectivity index (χ4v) is 3.46. The number of hydrogen-bond acceptors (Lipinski definition) is 4. The monoisotopic (exact) mass is 264 g/mol. The topological polar surface area (TPSA) is 60.9 Å². The van der Waals surface area contributed by atoms with E-state index in [4.69, 9.17) is 5.11 Å². The highest BCUT2D eigenvalue weighted by molar-refractivity contribution is 7.89. The van der Waals surface area contributed by atoms with Gasteiger partial charge in [0.2, 0.25) is 10.0 Å². The first-order valence-electron chi connectivity index (χ1n) is 6.00. The van der Waals surface area contributed by atoms with Crippen LogP contribution >= 0.6 is 0 Å². The van der Waals surface area contributed by atoms with E-state index in [0.717, 1.165) is 19.3 Å². The number of aliphatic hydroxyl groups excluding tert-OH is 1. The molecule has 0 amide bonds. The Morgan fingerprint density at radius 2 is 1.82 bits per heavy atom. The predicted molar refractivity (Wildman–Crippen MR) is 68.4 cm³/mol. The summed E-state index contributed by atoms with van der Waals surface area (Å²) in [5.41, 5.74) is -0.0169. The molecule has 1 atom stereocenters. The van der Waals surface area contributed by atoms with Crippen molar-refractivity contribution in [2.75, 3.05) is 34.3 Å². The van der Waals surface area contributed by atoms with Crippen molar-refractivity contribution < 1.29 is 13.5 Å². The Kier molecular flexibility index (Phi) is 4.57. The van der Waals surface area contributed by atoms with Crippen LogP contribution in [0.25, 0.3) is 0 Å². The number of rotatable bonds is 6. The fourth-order valence-electron chi connectivity index (χ4n) is 2.24. The Hall–Kier alpha value is -0.170. The highest BCUT2D eigenvalue weighted by Gasteiger charge is 2.42. The summed E-state index contributed by atoms with van der Waals surface area (Å²) in [6, 6.07) is 0. The van der Waals surface area contributed by atoms with Gasteiger partial charge in [0.15, 0.2) is 0 Å². The zero-order valence-corrected chi connectivity index (χ0v) is 12.0. The molecule has 1 aliphatic rings. The first-order chi connectivity index (χ1) is 7.76. The molecule has 6 heteroatoms. The van der Waals surface area contributed by atoms with Crippen LogP contribution in [-0.4, -0.2) is 67.8 Å². The lowest BCUT2D eigenvalue weighted by molar-refractivity contribution is 0.0452. The van der Waals surface area contributed by atoms with Gasteiger partial charge in [0.25, 0.3) is 0 Å². The van der Waals surface area contributed by atoms with E-state index in [9.17, 15) is 8.42 Å². The summed E-state index contributed by atoms with van der Waals surface area (Å²) in [4.78, 5) is 2.12. The first-order valence-corrected chi connectivity index (χ1v) is 7.50. The lowest BCUT2D eigenvalue weighted by Gasteiger charge is -2.49. The molecular weight excluding hydrogens is 240 g/mol. The van der Waals surface area contributed by atoms with E-state index < -0.39 is 15.3 Å². The Morgan fingerprint density at radius 1 is 1.29 bits per heavy atom. The van der Waals surface area contributed by atoms with Crippen LogP contribution in [0.2, 0.25) is 0 Å². The van der Waals surface area contributed by atoms with Gasteiger partial charge in [-0.2, -0.15) is 0 Å². The van der Waals surface area contributed by atoms with Gasteiger partial charge in [-0.3, -0.25) is 0 Å². The van der Waals surface area contributed by atoms with Crippen LogP contribution in [0.15, 0.2) is 0 Å². The van der Waals surface area contributed by atoms with Crippen LogP contribution in [0.1, 0.15) is 26.2 Å². The normalized spacial score (nSPS) is 21.6. The van der Waals surface area contributed by atoms with E-state index in [1.165, 1.54) is 11.2 Å². The minimum Gasteiger partial charge on any atom is -0.395 e. The molecule has 1 aliphatic carbocycles. The molecule has 0 radical (unpaired) electrons. The van der Waals surface area contributed by atoms with Gasteiger partial charge < -0.3 is 10.0 Å². The summed E-state index contributed by atoms with van der Waals surface area (Å²) in [6.45, 7) is 1.71. The summed E-state index contributed by atoms with van der Waals surface area (Å²) in [5.74, 6) is 0. The molecule has 0 aromatic carbocycles. The largest absolute Gasteiger partial charge is 0.395 e. The van der Waals surface area contributed by atoms with Gasteiger partial charge in [-0.1, -0.05) is 0 Å². The lowest BCUT2D eigenvalue weighted by atomic mass is 9.75. The molecule has 17 heavy (non-hydrogen) atoms. The van der Waals surface area contributed by atoms with E-state index in [-0.39, 0.29) is 12.1 Å². The molecule has 0 spiro atoms. The van der Waals surface area contributed by atoms with Crippen LogP contribution in [0.4, 0.5) is 0 Å². The average molecular weight is 264 g/mol. The number of nitrogens with zero attached hydrogens (tertiary/aromatic N) is 2. The quantitative estimate of drug-likeness (QED) is 0.740. The third-order valence-corrected chi connectivity index (χ3v) is 6.11. The van der Waals surface area contributed by atoms with Crippen molar-refractivity contribution >= 4 is 10.0 Å². The van der Waals surface area contributed by atoms with Crippen molar-refractivity contribution in [3.05, 3.63) is 0 Å². The summed E-state index contributed by atoms with van der Waals surface area (Å²) in [5, 5.41) is 8.25.